The minimum atomic E-state index is -0.181. The average molecular weight is 310 g/mol. The number of hydrogen-bond donors (Lipinski definition) is 1. The van der Waals surface area contributed by atoms with Gasteiger partial charge < -0.3 is 5.73 Å². The lowest BCUT2D eigenvalue weighted by Crippen LogP contribution is -2.42. The standard InChI is InChI=1S/C16H24BrN/c1-3-12-4-6-13(7-5-12)16(2,18)14-8-10-15(17)11-9-14/h8-13H,3-7,18H2,1-2H3. The van der Waals surface area contributed by atoms with E-state index in [9.17, 15) is 0 Å². The Morgan fingerprint density at radius 3 is 2.22 bits per heavy atom. The first-order chi connectivity index (χ1) is 8.54. The predicted molar refractivity (Wildman–Crippen MR) is 81.4 cm³/mol. The van der Waals surface area contributed by atoms with Crippen molar-refractivity contribution in [1.82, 2.24) is 0 Å². The summed E-state index contributed by atoms with van der Waals surface area (Å²) in [7, 11) is 0. The van der Waals surface area contributed by atoms with Gasteiger partial charge in [-0.3, -0.25) is 0 Å². The molecule has 1 aromatic rings. The van der Waals surface area contributed by atoms with E-state index in [1.54, 1.807) is 0 Å². The second-order valence-electron chi connectivity index (χ2n) is 5.92. The fourth-order valence-electron chi connectivity index (χ4n) is 3.22. The Morgan fingerprint density at radius 2 is 1.72 bits per heavy atom. The van der Waals surface area contributed by atoms with Crippen molar-refractivity contribution in [1.29, 1.82) is 0 Å². The van der Waals surface area contributed by atoms with Gasteiger partial charge in [0.1, 0.15) is 0 Å². The molecule has 1 fully saturated rings. The number of nitrogens with two attached hydrogens (primary N) is 1. The van der Waals surface area contributed by atoms with Crippen molar-refractivity contribution < 1.29 is 0 Å². The Labute approximate surface area is 119 Å². The van der Waals surface area contributed by atoms with E-state index < -0.39 is 0 Å². The highest BCUT2D eigenvalue weighted by Gasteiger charge is 2.34. The second kappa shape index (κ2) is 5.75. The van der Waals surface area contributed by atoms with Crippen LogP contribution in [0.2, 0.25) is 0 Å². The summed E-state index contributed by atoms with van der Waals surface area (Å²) < 4.78 is 1.12. The molecule has 0 spiro atoms. The maximum atomic E-state index is 6.63. The monoisotopic (exact) mass is 309 g/mol. The summed E-state index contributed by atoms with van der Waals surface area (Å²) in [5, 5.41) is 0. The molecule has 2 N–H and O–H groups in total. The van der Waals surface area contributed by atoms with E-state index in [2.05, 4.69) is 54.0 Å². The average Bonchev–Trinajstić information content (AvgIpc) is 2.39. The fraction of sp³-hybridized carbons (Fsp3) is 0.625. The smallest absolute Gasteiger partial charge is 0.0409 e. The van der Waals surface area contributed by atoms with Crippen molar-refractivity contribution in [3.63, 3.8) is 0 Å². The maximum absolute atomic E-state index is 6.63. The molecule has 1 saturated carbocycles. The molecule has 0 aromatic heterocycles. The molecule has 2 heteroatoms. The minimum absolute atomic E-state index is 0.181. The fourth-order valence-corrected chi connectivity index (χ4v) is 3.48. The SMILES string of the molecule is CCC1CCC(C(C)(N)c2ccc(Br)cc2)CC1. The van der Waals surface area contributed by atoms with E-state index in [0.717, 1.165) is 10.4 Å². The van der Waals surface area contributed by atoms with Crippen LogP contribution in [-0.4, -0.2) is 0 Å². The molecule has 0 heterocycles. The first-order valence-electron chi connectivity index (χ1n) is 7.09. The van der Waals surface area contributed by atoms with E-state index in [0.29, 0.717) is 5.92 Å². The number of halogens is 1. The summed E-state index contributed by atoms with van der Waals surface area (Å²) in [6, 6.07) is 8.52. The zero-order valence-electron chi connectivity index (χ0n) is 11.5. The zero-order chi connectivity index (χ0) is 13.2. The summed E-state index contributed by atoms with van der Waals surface area (Å²) in [5.74, 6) is 1.56. The van der Waals surface area contributed by atoms with Gasteiger partial charge in [0.25, 0.3) is 0 Å². The Kier molecular flexibility index (Phi) is 4.50. The van der Waals surface area contributed by atoms with E-state index >= 15 is 0 Å². The molecule has 1 aromatic carbocycles. The molecule has 0 radical (unpaired) electrons. The summed E-state index contributed by atoms with van der Waals surface area (Å²) in [5.41, 5.74) is 7.72. The van der Waals surface area contributed by atoms with Crippen LogP contribution in [0.15, 0.2) is 28.7 Å². The van der Waals surface area contributed by atoms with Crippen LogP contribution in [0.4, 0.5) is 0 Å². The zero-order valence-corrected chi connectivity index (χ0v) is 13.0. The van der Waals surface area contributed by atoms with Gasteiger partial charge in [-0.1, -0.05) is 54.2 Å². The first-order valence-corrected chi connectivity index (χ1v) is 7.88. The molecule has 100 valence electrons. The van der Waals surface area contributed by atoms with Crippen LogP contribution in [0, 0.1) is 11.8 Å². The molecule has 1 unspecified atom stereocenters. The van der Waals surface area contributed by atoms with Crippen LogP contribution in [-0.2, 0) is 5.54 Å². The number of benzene rings is 1. The molecule has 0 aliphatic heterocycles. The van der Waals surface area contributed by atoms with Crippen molar-refractivity contribution in [3.05, 3.63) is 34.3 Å². The normalized spacial score (nSPS) is 27.8. The van der Waals surface area contributed by atoms with Crippen LogP contribution < -0.4 is 5.73 Å². The molecule has 0 saturated heterocycles. The highest BCUT2D eigenvalue weighted by atomic mass is 79.9. The molecule has 2 rings (SSSR count). The van der Waals surface area contributed by atoms with Gasteiger partial charge in [-0.05, 0) is 49.3 Å². The molecule has 1 aliphatic rings. The lowest BCUT2D eigenvalue weighted by Gasteiger charge is -2.39. The van der Waals surface area contributed by atoms with Crippen molar-refractivity contribution in [2.75, 3.05) is 0 Å². The third-order valence-corrected chi connectivity index (χ3v) is 5.27. The largest absolute Gasteiger partial charge is 0.321 e. The van der Waals surface area contributed by atoms with E-state index in [1.165, 1.54) is 37.7 Å². The predicted octanol–water partition coefficient (Wildman–Crippen LogP) is 4.84. The molecule has 18 heavy (non-hydrogen) atoms. The van der Waals surface area contributed by atoms with Gasteiger partial charge in [0.2, 0.25) is 0 Å². The van der Waals surface area contributed by atoms with Gasteiger partial charge >= 0.3 is 0 Å². The Bertz CT molecular complexity index is 375. The Balaban J connectivity index is 2.09. The van der Waals surface area contributed by atoms with Gasteiger partial charge in [-0.2, -0.15) is 0 Å². The highest BCUT2D eigenvalue weighted by Crippen LogP contribution is 2.40. The second-order valence-corrected chi connectivity index (χ2v) is 6.83. The van der Waals surface area contributed by atoms with Crippen LogP contribution >= 0.6 is 15.9 Å². The quantitative estimate of drug-likeness (QED) is 0.849. The van der Waals surface area contributed by atoms with Crippen LogP contribution in [0.3, 0.4) is 0 Å². The van der Waals surface area contributed by atoms with Gasteiger partial charge in [-0.25, -0.2) is 0 Å². The summed E-state index contributed by atoms with van der Waals surface area (Å²) in [6.07, 6.45) is 6.59. The van der Waals surface area contributed by atoms with Gasteiger partial charge in [-0.15, -0.1) is 0 Å². The van der Waals surface area contributed by atoms with Crippen LogP contribution in [0.25, 0.3) is 0 Å². The Morgan fingerprint density at radius 1 is 1.17 bits per heavy atom. The molecular weight excluding hydrogens is 286 g/mol. The maximum Gasteiger partial charge on any atom is 0.0409 e. The van der Waals surface area contributed by atoms with Gasteiger partial charge in [0.05, 0.1) is 0 Å². The lowest BCUT2D eigenvalue weighted by molar-refractivity contribution is 0.183. The number of rotatable bonds is 3. The van der Waals surface area contributed by atoms with Crippen molar-refractivity contribution in [2.45, 2.75) is 51.5 Å². The number of hydrogen-bond acceptors (Lipinski definition) is 1. The first kappa shape index (κ1) is 14.1. The summed E-state index contributed by atoms with van der Waals surface area (Å²) in [6.45, 7) is 4.51. The van der Waals surface area contributed by atoms with Crippen molar-refractivity contribution in [2.24, 2.45) is 17.6 Å². The topological polar surface area (TPSA) is 26.0 Å². The van der Waals surface area contributed by atoms with Gasteiger partial charge in [0.15, 0.2) is 0 Å². The molecule has 0 bridgehead atoms. The molecule has 1 nitrogen and oxygen atoms in total. The molecular formula is C16H24BrN. The van der Waals surface area contributed by atoms with Crippen LogP contribution in [0.1, 0.15) is 51.5 Å². The van der Waals surface area contributed by atoms with Crippen molar-refractivity contribution >= 4 is 15.9 Å². The minimum Gasteiger partial charge on any atom is -0.321 e. The summed E-state index contributed by atoms with van der Waals surface area (Å²) in [4.78, 5) is 0. The lowest BCUT2D eigenvalue weighted by atomic mass is 9.70. The molecule has 1 aliphatic carbocycles. The van der Waals surface area contributed by atoms with E-state index in [4.69, 9.17) is 5.73 Å². The van der Waals surface area contributed by atoms with E-state index in [1.807, 2.05) is 0 Å². The summed E-state index contributed by atoms with van der Waals surface area (Å²) >= 11 is 3.48. The van der Waals surface area contributed by atoms with E-state index in [-0.39, 0.29) is 5.54 Å². The van der Waals surface area contributed by atoms with Crippen molar-refractivity contribution in [3.8, 4) is 0 Å². The Hall–Kier alpha value is -0.340. The molecule has 1 atom stereocenters. The van der Waals surface area contributed by atoms with Crippen LogP contribution in [0.5, 0.6) is 0 Å². The van der Waals surface area contributed by atoms with Gasteiger partial charge in [0, 0.05) is 10.0 Å². The third-order valence-electron chi connectivity index (χ3n) is 4.74. The third kappa shape index (κ3) is 2.97. The molecule has 0 amide bonds. The highest BCUT2D eigenvalue weighted by molar-refractivity contribution is 9.10.